The van der Waals surface area contributed by atoms with Crippen LogP contribution >= 0.6 is 11.3 Å². The van der Waals surface area contributed by atoms with E-state index in [2.05, 4.69) is 243 Å². The van der Waals surface area contributed by atoms with Crippen LogP contribution in [0.3, 0.4) is 0 Å². The van der Waals surface area contributed by atoms with E-state index >= 15 is 0 Å². The van der Waals surface area contributed by atoms with E-state index in [1.54, 1.807) is 0 Å². The van der Waals surface area contributed by atoms with Crippen molar-refractivity contribution in [1.29, 1.82) is 0 Å². The Morgan fingerprint density at radius 3 is 1.83 bits per heavy atom. The molecule has 0 spiro atoms. The second-order valence-corrected chi connectivity index (χ2v) is 19.1. The predicted octanol–water partition coefficient (Wildman–Crippen LogP) is 18.3. The molecule has 0 atom stereocenters. The van der Waals surface area contributed by atoms with Gasteiger partial charge in [0.25, 0.3) is 0 Å². The van der Waals surface area contributed by atoms with Crippen molar-refractivity contribution in [3.63, 3.8) is 0 Å². The molecule has 306 valence electrons. The lowest BCUT2D eigenvalue weighted by Crippen LogP contribution is -2.17. The third kappa shape index (κ3) is 5.98. The molecule has 0 fully saturated rings. The monoisotopic (exact) mass is 845 g/mol. The van der Waals surface area contributed by atoms with Gasteiger partial charge in [-0.15, -0.1) is 11.3 Å². The third-order valence-corrected chi connectivity index (χ3v) is 15.2. The second kappa shape index (κ2) is 14.6. The molecule has 12 aromatic rings. The maximum Gasteiger partial charge on any atom is 0.0546 e. The first-order valence-electron chi connectivity index (χ1n) is 22.6. The van der Waals surface area contributed by atoms with Crippen molar-refractivity contribution in [1.82, 2.24) is 0 Å². The van der Waals surface area contributed by atoms with Crippen LogP contribution in [0.2, 0.25) is 0 Å². The van der Waals surface area contributed by atoms with Crippen LogP contribution < -0.4 is 4.90 Å². The first kappa shape index (κ1) is 37.7. The van der Waals surface area contributed by atoms with Crippen molar-refractivity contribution < 1.29 is 0 Å². The summed E-state index contributed by atoms with van der Waals surface area (Å²) in [7, 11) is 0. The largest absolute Gasteiger partial charge is 0.310 e. The molecule has 0 aliphatic heterocycles. The van der Waals surface area contributed by atoms with Gasteiger partial charge in [-0.3, -0.25) is 0 Å². The molecule has 0 unspecified atom stereocenters. The van der Waals surface area contributed by atoms with Gasteiger partial charge in [0.2, 0.25) is 0 Å². The average Bonchev–Trinajstić information content (AvgIpc) is 3.84. The molecule has 0 saturated carbocycles. The van der Waals surface area contributed by atoms with Gasteiger partial charge in [-0.25, -0.2) is 0 Å². The van der Waals surface area contributed by atoms with E-state index < -0.39 is 0 Å². The Kier molecular flexibility index (Phi) is 8.50. The molecule has 1 heterocycles. The summed E-state index contributed by atoms with van der Waals surface area (Å²) in [5.41, 5.74) is 15.8. The fraction of sp³-hybridized carbons (Fsp3) is 0.0476. The minimum Gasteiger partial charge on any atom is -0.310 e. The summed E-state index contributed by atoms with van der Waals surface area (Å²) in [6.45, 7) is 4.75. The summed E-state index contributed by atoms with van der Waals surface area (Å²) in [5, 5.41) is 10.1. The lowest BCUT2D eigenvalue weighted by molar-refractivity contribution is 0.660. The number of nitrogens with zero attached hydrogens (tertiary/aromatic N) is 1. The van der Waals surface area contributed by atoms with E-state index in [1.165, 1.54) is 108 Å². The molecule has 2 heteroatoms. The average molecular weight is 846 g/mol. The smallest absolute Gasteiger partial charge is 0.0546 e. The summed E-state index contributed by atoms with van der Waals surface area (Å²) >= 11 is 1.88. The number of hydrogen-bond donors (Lipinski definition) is 0. The zero-order chi connectivity index (χ0) is 43.2. The molecule has 0 amide bonds. The van der Waals surface area contributed by atoms with Gasteiger partial charge < -0.3 is 4.90 Å². The molecule has 1 nitrogen and oxygen atoms in total. The van der Waals surface area contributed by atoms with Crippen LogP contribution in [0.25, 0.3) is 97.0 Å². The van der Waals surface area contributed by atoms with E-state index in [4.69, 9.17) is 0 Å². The highest BCUT2D eigenvalue weighted by Gasteiger charge is 2.36. The van der Waals surface area contributed by atoms with E-state index in [0.717, 1.165) is 17.1 Å². The molecule has 65 heavy (non-hydrogen) atoms. The topological polar surface area (TPSA) is 3.24 Å². The van der Waals surface area contributed by atoms with E-state index in [9.17, 15) is 0 Å². The molecule has 11 aromatic carbocycles. The van der Waals surface area contributed by atoms with Gasteiger partial charge in [0, 0.05) is 42.5 Å². The highest BCUT2D eigenvalue weighted by molar-refractivity contribution is 7.25. The quantitative estimate of drug-likeness (QED) is 0.151. The molecule has 13 rings (SSSR count). The summed E-state index contributed by atoms with van der Waals surface area (Å²) < 4.78 is 2.61. The van der Waals surface area contributed by atoms with Gasteiger partial charge in [-0.2, -0.15) is 0 Å². The Balaban J connectivity index is 1.09. The second-order valence-electron chi connectivity index (χ2n) is 18.0. The summed E-state index contributed by atoms with van der Waals surface area (Å²) in [6, 6.07) is 83.8. The number of hydrogen-bond acceptors (Lipinski definition) is 2. The van der Waals surface area contributed by atoms with E-state index in [-0.39, 0.29) is 5.41 Å². The van der Waals surface area contributed by atoms with Crippen molar-refractivity contribution in [2.24, 2.45) is 0 Å². The fourth-order valence-corrected chi connectivity index (χ4v) is 12.0. The molecule has 1 aliphatic rings. The Morgan fingerprint density at radius 2 is 0.969 bits per heavy atom. The molecule has 1 aliphatic carbocycles. The number of fused-ring (bicyclic) bond motifs is 10. The maximum atomic E-state index is 2.52. The molecule has 0 radical (unpaired) electrons. The van der Waals surface area contributed by atoms with E-state index in [0.29, 0.717) is 0 Å². The minimum atomic E-state index is -0.160. The predicted molar refractivity (Wildman–Crippen MR) is 280 cm³/mol. The summed E-state index contributed by atoms with van der Waals surface area (Å²) in [5.74, 6) is 0. The van der Waals surface area contributed by atoms with Crippen molar-refractivity contribution in [2.75, 3.05) is 4.90 Å². The first-order valence-corrected chi connectivity index (χ1v) is 23.4. The SMILES string of the molecule is CC1(C)c2ccccc2-c2ccc(N(c3ccc(-c4ccc5ccccc5c4)cc3)c3cccc(-c4ccc5c(c4)sc4ccccc45)c3-c3cc4ccccc4c4ccccc34)cc21. The maximum absolute atomic E-state index is 2.52. The highest BCUT2D eigenvalue weighted by Crippen LogP contribution is 2.53. The Morgan fingerprint density at radius 1 is 0.338 bits per heavy atom. The standard InChI is InChI=1S/C63H43NS/c1-63(2)57-23-11-9-20-52(57)53-35-33-47(39-58(53)63)64(46-31-28-41(29-32-46)43-27-26-40-14-3-4-15-42(40)36-43)59-24-13-22-49(45-30-34-55-54-21-10-12-25-60(54)65-61(55)38-45)62(59)56-37-44-16-5-6-17-48(44)50-18-7-8-19-51(50)56/h3-39H,1-2H3. The van der Waals surface area contributed by atoms with Crippen molar-refractivity contribution in [3.8, 4) is 44.5 Å². The van der Waals surface area contributed by atoms with Gasteiger partial charge in [0.15, 0.2) is 0 Å². The number of thiophene rings is 1. The Hall–Kier alpha value is -7.78. The van der Waals surface area contributed by atoms with Gasteiger partial charge in [0.05, 0.1) is 5.69 Å². The van der Waals surface area contributed by atoms with Gasteiger partial charge >= 0.3 is 0 Å². The van der Waals surface area contributed by atoms with Crippen LogP contribution in [0, 0.1) is 0 Å². The van der Waals surface area contributed by atoms with Crippen LogP contribution in [0.15, 0.2) is 224 Å². The van der Waals surface area contributed by atoms with Crippen LogP contribution in [0.5, 0.6) is 0 Å². The van der Waals surface area contributed by atoms with Crippen molar-refractivity contribution in [2.45, 2.75) is 19.3 Å². The number of rotatable bonds is 6. The zero-order valence-corrected chi connectivity index (χ0v) is 37.0. The summed E-state index contributed by atoms with van der Waals surface area (Å²) in [4.78, 5) is 2.52. The lowest BCUT2D eigenvalue weighted by Gasteiger charge is -2.31. The highest BCUT2D eigenvalue weighted by atomic mass is 32.1. The van der Waals surface area contributed by atoms with Crippen LogP contribution in [-0.2, 0) is 5.41 Å². The molecule has 0 saturated heterocycles. The van der Waals surface area contributed by atoms with Crippen LogP contribution in [0.4, 0.5) is 17.1 Å². The molecule has 0 N–H and O–H groups in total. The number of benzene rings is 11. The Bertz CT molecular complexity index is 3870. The van der Waals surface area contributed by atoms with Crippen molar-refractivity contribution in [3.05, 3.63) is 236 Å². The third-order valence-electron chi connectivity index (χ3n) is 14.0. The van der Waals surface area contributed by atoms with Crippen LogP contribution in [-0.4, -0.2) is 0 Å². The Labute approximate surface area is 383 Å². The zero-order valence-electron chi connectivity index (χ0n) is 36.2. The van der Waals surface area contributed by atoms with Crippen molar-refractivity contribution >= 4 is 80.9 Å². The first-order chi connectivity index (χ1) is 32.0. The molecular weight excluding hydrogens is 803 g/mol. The fourth-order valence-electron chi connectivity index (χ4n) is 10.8. The minimum absolute atomic E-state index is 0.160. The van der Waals surface area contributed by atoms with E-state index in [1.807, 2.05) is 11.3 Å². The van der Waals surface area contributed by atoms with Gasteiger partial charge in [-0.05, 0) is 137 Å². The summed E-state index contributed by atoms with van der Waals surface area (Å²) in [6.07, 6.45) is 0. The molecule has 1 aromatic heterocycles. The number of anilines is 3. The normalized spacial score (nSPS) is 12.9. The molecule has 0 bridgehead atoms. The molecular formula is C63H43NS. The van der Waals surface area contributed by atoms with Gasteiger partial charge in [-0.1, -0.05) is 184 Å². The van der Waals surface area contributed by atoms with Gasteiger partial charge in [0.1, 0.15) is 0 Å². The lowest BCUT2D eigenvalue weighted by atomic mass is 9.82. The van der Waals surface area contributed by atoms with Crippen LogP contribution in [0.1, 0.15) is 25.0 Å².